The van der Waals surface area contributed by atoms with Crippen LogP contribution in [0.3, 0.4) is 0 Å². The molecule has 10 heavy (non-hydrogen) atoms. The predicted octanol–water partition coefficient (Wildman–Crippen LogP) is 1.46. The molecule has 0 fully saturated rings. The quantitative estimate of drug-likeness (QED) is 0.570. The van der Waals surface area contributed by atoms with Gasteiger partial charge in [0.25, 0.3) is 0 Å². The summed E-state index contributed by atoms with van der Waals surface area (Å²) in [5, 5.41) is 0. The SMILES string of the molecule is C/C=C\C1=C(C)C=CNN1. The Hall–Kier alpha value is -1.18. The van der Waals surface area contributed by atoms with E-state index < -0.39 is 0 Å². The first-order valence-electron chi connectivity index (χ1n) is 3.36. The van der Waals surface area contributed by atoms with Crippen LogP contribution < -0.4 is 10.9 Å². The molecule has 0 saturated heterocycles. The van der Waals surface area contributed by atoms with Gasteiger partial charge in [-0.25, -0.2) is 0 Å². The molecule has 1 aliphatic rings. The maximum atomic E-state index is 3.03. The van der Waals surface area contributed by atoms with Crippen LogP contribution >= 0.6 is 0 Å². The van der Waals surface area contributed by atoms with E-state index in [2.05, 4.69) is 17.8 Å². The molecule has 0 aromatic heterocycles. The van der Waals surface area contributed by atoms with Gasteiger partial charge in [-0.2, -0.15) is 0 Å². The third-order valence-corrected chi connectivity index (χ3v) is 1.38. The summed E-state index contributed by atoms with van der Waals surface area (Å²) in [6, 6.07) is 0. The molecule has 2 nitrogen and oxygen atoms in total. The maximum Gasteiger partial charge on any atom is 0.0566 e. The topological polar surface area (TPSA) is 24.1 Å². The summed E-state index contributed by atoms with van der Waals surface area (Å²) in [5.74, 6) is 0. The van der Waals surface area contributed by atoms with Crippen molar-refractivity contribution in [2.45, 2.75) is 13.8 Å². The molecule has 0 spiro atoms. The van der Waals surface area contributed by atoms with Crippen molar-refractivity contribution in [3.63, 3.8) is 0 Å². The van der Waals surface area contributed by atoms with Gasteiger partial charge < -0.3 is 10.9 Å². The first kappa shape index (κ1) is 6.93. The number of hydrogen-bond acceptors (Lipinski definition) is 2. The molecule has 2 heteroatoms. The van der Waals surface area contributed by atoms with Crippen LogP contribution in [0.2, 0.25) is 0 Å². The van der Waals surface area contributed by atoms with E-state index in [1.165, 1.54) is 5.57 Å². The molecule has 0 aromatic carbocycles. The van der Waals surface area contributed by atoms with Crippen LogP contribution in [0, 0.1) is 0 Å². The predicted molar refractivity (Wildman–Crippen MR) is 42.9 cm³/mol. The van der Waals surface area contributed by atoms with Crippen molar-refractivity contribution in [2.24, 2.45) is 0 Å². The molecule has 0 saturated carbocycles. The summed E-state index contributed by atoms with van der Waals surface area (Å²) in [6.45, 7) is 4.07. The highest BCUT2D eigenvalue weighted by molar-refractivity contribution is 5.31. The van der Waals surface area contributed by atoms with Crippen LogP contribution in [0.5, 0.6) is 0 Å². The second-order valence-corrected chi connectivity index (χ2v) is 2.20. The normalized spacial score (nSPS) is 17.4. The molecule has 0 radical (unpaired) electrons. The number of rotatable bonds is 1. The van der Waals surface area contributed by atoms with Crippen molar-refractivity contribution in [1.82, 2.24) is 10.9 Å². The van der Waals surface area contributed by atoms with E-state index in [0.29, 0.717) is 0 Å². The summed E-state index contributed by atoms with van der Waals surface area (Å²) in [7, 11) is 0. The number of hydrazine groups is 1. The molecule has 0 aromatic rings. The highest BCUT2D eigenvalue weighted by atomic mass is 15.3. The van der Waals surface area contributed by atoms with Gasteiger partial charge in [0.15, 0.2) is 0 Å². The lowest BCUT2D eigenvalue weighted by Crippen LogP contribution is -2.28. The van der Waals surface area contributed by atoms with Crippen LogP contribution in [-0.4, -0.2) is 0 Å². The number of nitrogens with one attached hydrogen (secondary N) is 2. The minimum Gasteiger partial charge on any atom is -0.308 e. The number of allylic oxidation sites excluding steroid dienone is 4. The van der Waals surface area contributed by atoms with Gasteiger partial charge in [0.2, 0.25) is 0 Å². The van der Waals surface area contributed by atoms with Gasteiger partial charge in [0.1, 0.15) is 0 Å². The molecule has 54 valence electrons. The zero-order valence-corrected chi connectivity index (χ0v) is 6.31. The largest absolute Gasteiger partial charge is 0.308 e. The molecule has 0 amide bonds. The monoisotopic (exact) mass is 136 g/mol. The fourth-order valence-electron chi connectivity index (χ4n) is 0.814. The highest BCUT2D eigenvalue weighted by Crippen LogP contribution is 2.05. The van der Waals surface area contributed by atoms with Crippen LogP contribution in [0.15, 0.2) is 35.7 Å². The van der Waals surface area contributed by atoms with Crippen molar-refractivity contribution >= 4 is 0 Å². The van der Waals surface area contributed by atoms with Crippen molar-refractivity contribution in [3.05, 3.63) is 35.7 Å². The Morgan fingerprint density at radius 1 is 1.50 bits per heavy atom. The summed E-state index contributed by atoms with van der Waals surface area (Å²) >= 11 is 0. The van der Waals surface area contributed by atoms with E-state index in [-0.39, 0.29) is 0 Å². The lowest BCUT2D eigenvalue weighted by atomic mass is 10.2. The van der Waals surface area contributed by atoms with E-state index >= 15 is 0 Å². The second kappa shape index (κ2) is 3.11. The molecule has 1 heterocycles. The first-order valence-corrected chi connectivity index (χ1v) is 3.36. The van der Waals surface area contributed by atoms with E-state index in [4.69, 9.17) is 0 Å². The van der Waals surface area contributed by atoms with Crippen molar-refractivity contribution < 1.29 is 0 Å². The minimum absolute atomic E-state index is 1.13. The lowest BCUT2D eigenvalue weighted by molar-refractivity contribution is 0.726. The lowest BCUT2D eigenvalue weighted by Gasteiger charge is -2.13. The fourth-order valence-corrected chi connectivity index (χ4v) is 0.814. The van der Waals surface area contributed by atoms with Crippen LogP contribution in [0.4, 0.5) is 0 Å². The van der Waals surface area contributed by atoms with Gasteiger partial charge in [-0.1, -0.05) is 6.08 Å². The van der Waals surface area contributed by atoms with E-state index in [1.807, 2.05) is 31.4 Å². The van der Waals surface area contributed by atoms with E-state index in [9.17, 15) is 0 Å². The smallest absolute Gasteiger partial charge is 0.0566 e. The third-order valence-electron chi connectivity index (χ3n) is 1.38. The molecule has 0 atom stereocenters. The Morgan fingerprint density at radius 3 is 2.90 bits per heavy atom. The van der Waals surface area contributed by atoms with Gasteiger partial charge in [0, 0.05) is 6.20 Å². The number of hydrogen-bond donors (Lipinski definition) is 2. The third kappa shape index (κ3) is 1.41. The minimum atomic E-state index is 1.13. The molecule has 0 unspecified atom stereocenters. The van der Waals surface area contributed by atoms with Gasteiger partial charge in [-0.05, 0) is 31.6 Å². The van der Waals surface area contributed by atoms with Gasteiger partial charge in [-0.3, -0.25) is 0 Å². The average Bonchev–Trinajstić information content (AvgIpc) is 1.94. The Bertz CT molecular complexity index is 199. The Balaban J connectivity index is 2.79. The second-order valence-electron chi connectivity index (χ2n) is 2.20. The zero-order chi connectivity index (χ0) is 7.40. The van der Waals surface area contributed by atoms with E-state index in [0.717, 1.165) is 5.70 Å². The molecule has 0 bridgehead atoms. The summed E-state index contributed by atoms with van der Waals surface area (Å²) in [4.78, 5) is 0. The average molecular weight is 136 g/mol. The molecular weight excluding hydrogens is 124 g/mol. The maximum absolute atomic E-state index is 3.03. The van der Waals surface area contributed by atoms with Crippen molar-refractivity contribution in [2.75, 3.05) is 0 Å². The fraction of sp³-hybridized carbons (Fsp3) is 0.250. The first-order chi connectivity index (χ1) is 4.84. The molecule has 0 aliphatic carbocycles. The summed E-state index contributed by atoms with van der Waals surface area (Å²) < 4.78 is 0. The molecule has 2 N–H and O–H groups in total. The summed E-state index contributed by atoms with van der Waals surface area (Å²) in [6.07, 6.45) is 7.95. The van der Waals surface area contributed by atoms with Gasteiger partial charge >= 0.3 is 0 Å². The Kier molecular flexibility index (Phi) is 2.15. The Labute approximate surface area is 61.3 Å². The van der Waals surface area contributed by atoms with E-state index in [1.54, 1.807) is 0 Å². The standard InChI is InChI=1S/C8H12N2/c1-3-4-8-7(2)5-6-9-10-8/h3-6,9-10H,1-2H3/b4-3-. The van der Waals surface area contributed by atoms with Crippen LogP contribution in [-0.2, 0) is 0 Å². The summed E-state index contributed by atoms with van der Waals surface area (Å²) in [5.41, 5.74) is 8.31. The molecular formula is C8H12N2. The molecule has 1 aliphatic heterocycles. The Morgan fingerprint density at radius 2 is 2.30 bits per heavy atom. The zero-order valence-electron chi connectivity index (χ0n) is 6.31. The highest BCUT2D eigenvalue weighted by Gasteiger charge is 1.96. The van der Waals surface area contributed by atoms with Crippen LogP contribution in [0.1, 0.15) is 13.8 Å². The van der Waals surface area contributed by atoms with Crippen molar-refractivity contribution in [1.29, 1.82) is 0 Å². The van der Waals surface area contributed by atoms with Gasteiger partial charge in [-0.15, -0.1) is 0 Å². The van der Waals surface area contributed by atoms with Crippen LogP contribution in [0.25, 0.3) is 0 Å². The van der Waals surface area contributed by atoms with Gasteiger partial charge in [0.05, 0.1) is 5.70 Å². The molecule has 1 rings (SSSR count). The van der Waals surface area contributed by atoms with Crippen molar-refractivity contribution in [3.8, 4) is 0 Å².